The Kier molecular flexibility index (Phi) is 5.86. The number of para-hydroxylation sites is 2. The van der Waals surface area contributed by atoms with E-state index in [1.165, 1.54) is 12.0 Å². The van der Waals surface area contributed by atoms with E-state index in [-0.39, 0.29) is 0 Å². The number of hydrogen-bond donors (Lipinski definition) is 0. The molecule has 0 unspecified atom stereocenters. The van der Waals surface area contributed by atoms with E-state index >= 15 is 0 Å². The fourth-order valence-corrected chi connectivity index (χ4v) is 4.12. The maximum absolute atomic E-state index is 6.04. The molecule has 0 aliphatic carbocycles. The lowest BCUT2D eigenvalue weighted by Gasteiger charge is -2.25. The third-order valence-electron chi connectivity index (χ3n) is 5.52. The summed E-state index contributed by atoms with van der Waals surface area (Å²) in [5.41, 5.74) is 3.12. The Bertz CT molecular complexity index is 966. The lowest BCUT2D eigenvalue weighted by molar-refractivity contribution is 0.239. The van der Waals surface area contributed by atoms with Gasteiger partial charge in [0.2, 0.25) is 5.89 Å². The average Bonchev–Trinajstić information content (AvgIpc) is 3.35. The molecular weight excluding hydrogens is 364 g/mol. The number of rotatable bonds is 7. The number of benzene rings is 2. The number of likely N-dealkylation sites (tertiary alicyclic amines) is 1. The molecule has 152 valence electrons. The SMILES string of the molecule is CCOc1ccccc1-c1nc(CN2CCC[C@H]2c2ccccc2OC)c(C)o1. The molecule has 5 heteroatoms. The largest absolute Gasteiger partial charge is 0.496 e. The summed E-state index contributed by atoms with van der Waals surface area (Å²) in [6.45, 7) is 6.38. The molecule has 1 aromatic heterocycles. The summed E-state index contributed by atoms with van der Waals surface area (Å²) in [4.78, 5) is 7.31. The zero-order valence-corrected chi connectivity index (χ0v) is 17.4. The number of oxazole rings is 1. The first kappa shape index (κ1) is 19.5. The highest BCUT2D eigenvalue weighted by Crippen LogP contribution is 2.38. The Morgan fingerprint density at radius 3 is 2.66 bits per heavy atom. The Morgan fingerprint density at radius 2 is 1.86 bits per heavy atom. The summed E-state index contributed by atoms with van der Waals surface area (Å²) in [6, 6.07) is 16.5. The average molecular weight is 392 g/mol. The predicted molar refractivity (Wildman–Crippen MR) is 113 cm³/mol. The highest BCUT2D eigenvalue weighted by atomic mass is 16.5. The van der Waals surface area contributed by atoms with Crippen LogP contribution >= 0.6 is 0 Å². The molecule has 1 atom stereocenters. The van der Waals surface area contributed by atoms with Gasteiger partial charge in [-0.25, -0.2) is 4.98 Å². The van der Waals surface area contributed by atoms with Crippen LogP contribution in [0.25, 0.3) is 11.5 Å². The van der Waals surface area contributed by atoms with E-state index in [9.17, 15) is 0 Å². The van der Waals surface area contributed by atoms with Gasteiger partial charge >= 0.3 is 0 Å². The minimum absolute atomic E-state index is 0.335. The van der Waals surface area contributed by atoms with Crippen LogP contribution in [0.3, 0.4) is 0 Å². The van der Waals surface area contributed by atoms with Crippen LogP contribution in [-0.2, 0) is 6.54 Å². The second-order valence-electron chi connectivity index (χ2n) is 7.32. The van der Waals surface area contributed by atoms with Gasteiger partial charge in [-0.2, -0.15) is 0 Å². The Labute approximate surface area is 172 Å². The molecular formula is C24H28N2O3. The van der Waals surface area contributed by atoms with Gasteiger partial charge < -0.3 is 13.9 Å². The molecule has 0 bridgehead atoms. The highest BCUT2D eigenvalue weighted by Gasteiger charge is 2.29. The van der Waals surface area contributed by atoms with Gasteiger partial charge in [0.1, 0.15) is 17.3 Å². The molecule has 1 aliphatic rings. The first-order valence-corrected chi connectivity index (χ1v) is 10.3. The summed E-state index contributed by atoms with van der Waals surface area (Å²) in [5, 5.41) is 0. The smallest absolute Gasteiger partial charge is 0.230 e. The quantitative estimate of drug-likeness (QED) is 0.539. The van der Waals surface area contributed by atoms with Crippen molar-refractivity contribution in [1.82, 2.24) is 9.88 Å². The normalized spacial score (nSPS) is 16.9. The van der Waals surface area contributed by atoms with Crippen molar-refractivity contribution in [3.63, 3.8) is 0 Å². The predicted octanol–water partition coefficient (Wildman–Crippen LogP) is 5.39. The van der Waals surface area contributed by atoms with E-state index in [0.29, 0.717) is 18.5 Å². The zero-order valence-electron chi connectivity index (χ0n) is 17.4. The Hall–Kier alpha value is -2.79. The number of aryl methyl sites for hydroxylation is 1. The van der Waals surface area contributed by atoms with Gasteiger partial charge in [-0.3, -0.25) is 4.90 Å². The van der Waals surface area contributed by atoms with Gasteiger partial charge in [0, 0.05) is 18.2 Å². The molecule has 4 rings (SSSR count). The molecule has 0 spiro atoms. The van der Waals surface area contributed by atoms with Gasteiger partial charge in [-0.05, 0) is 51.4 Å². The summed E-state index contributed by atoms with van der Waals surface area (Å²) in [5.74, 6) is 3.23. The molecule has 1 fully saturated rings. The number of ether oxygens (including phenoxy) is 2. The number of hydrogen-bond acceptors (Lipinski definition) is 5. The van der Waals surface area contributed by atoms with Crippen molar-refractivity contribution in [3.05, 3.63) is 65.5 Å². The molecule has 5 nitrogen and oxygen atoms in total. The lowest BCUT2D eigenvalue weighted by atomic mass is 10.0. The standard InChI is InChI=1S/C24H28N2O3/c1-4-28-23-14-8-6-11-19(23)24-25-20(17(2)29-24)16-26-15-9-12-21(26)18-10-5-7-13-22(18)27-3/h5-8,10-11,13-14,21H,4,9,12,15-16H2,1-3H3/t21-/m0/s1. The topological polar surface area (TPSA) is 47.7 Å². The molecule has 0 N–H and O–H groups in total. The van der Waals surface area contributed by atoms with Crippen molar-refractivity contribution in [2.45, 2.75) is 39.3 Å². The minimum atomic E-state index is 0.335. The number of nitrogens with zero attached hydrogens (tertiary/aromatic N) is 2. The Morgan fingerprint density at radius 1 is 1.10 bits per heavy atom. The van der Waals surface area contributed by atoms with E-state index in [1.54, 1.807) is 7.11 Å². The molecule has 0 saturated carbocycles. The summed E-state index contributed by atoms with van der Waals surface area (Å²) in [6.07, 6.45) is 2.29. The third kappa shape index (κ3) is 4.01. The lowest BCUT2D eigenvalue weighted by Crippen LogP contribution is -2.23. The van der Waals surface area contributed by atoms with Crippen molar-refractivity contribution in [3.8, 4) is 23.0 Å². The molecule has 2 aromatic carbocycles. The molecule has 0 radical (unpaired) electrons. The Balaban J connectivity index is 1.59. The van der Waals surface area contributed by atoms with Crippen molar-refractivity contribution in [1.29, 1.82) is 0 Å². The summed E-state index contributed by atoms with van der Waals surface area (Å²) >= 11 is 0. The monoisotopic (exact) mass is 392 g/mol. The molecule has 3 aromatic rings. The second kappa shape index (κ2) is 8.70. The van der Waals surface area contributed by atoms with Gasteiger partial charge in [0.05, 0.1) is 25.0 Å². The van der Waals surface area contributed by atoms with Crippen molar-refractivity contribution in [2.24, 2.45) is 0 Å². The maximum atomic E-state index is 6.04. The minimum Gasteiger partial charge on any atom is -0.496 e. The molecule has 0 amide bonds. The van der Waals surface area contributed by atoms with Crippen LogP contribution in [0.5, 0.6) is 11.5 Å². The van der Waals surface area contributed by atoms with E-state index in [4.69, 9.17) is 18.9 Å². The maximum Gasteiger partial charge on any atom is 0.230 e. The van der Waals surface area contributed by atoms with Crippen LogP contribution in [0.1, 0.15) is 42.8 Å². The molecule has 29 heavy (non-hydrogen) atoms. The summed E-state index contributed by atoms with van der Waals surface area (Å²) in [7, 11) is 1.74. The van der Waals surface area contributed by atoms with Crippen LogP contribution < -0.4 is 9.47 Å². The highest BCUT2D eigenvalue weighted by molar-refractivity contribution is 5.63. The van der Waals surface area contributed by atoms with Crippen LogP contribution in [0.4, 0.5) is 0 Å². The third-order valence-corrected chi connectivity index (χ3v) is 5.52. The van der Waals surface area contributed by atoms with Crippen molar-refractivity contribution >= 4 is 0 Å². The van der Waals surface area contributed by atoms with E-state index in [2.05, 4.69) is 17.0 Å². The van der Waals surface area contributed by atoms with Crippen LogP contribution in [0.2, 0.25) is 0 Å². The van der Waals surface area contributed by atoms with Crippen LogP contribution in [0, 0.1) is 6.92 Å². The first-order valence-electron chi connectivity index (χ1n) is 10.3. The van der Waals surface area contributed by atoms with Crippen molar-refractivity contribution in [2.75, 3.05) is 20.3 Å². The van der Waals surface area contributed by atoms with Gasteiger partial charge in [0.25, 0.3) is 0 Å². The first-order chi connectivity index (χ1) is 14.2. The van der Waals surface area contributed by atoms with Gasteiger partial charge in [0.15, 0.2) is 0 Å². The van der Waals surface area contributed by atoms with Crippen molar-refractivity contribution < 1.29 is 13.9 Å². The molecule has 1 aliphatic heterocycles. The molecule has 2 heterocycles. The zero-order chi connectivity index (χ0) is 20.2. The second-order valence-corrected chi connectivity index (χ2v) is 7.32. The van der Waals surface area contributed by atoms with E-state index < -0.39 is 0 Å². The number of methoxy groups -OCH3 is 1. The summed E-state index contributed by atoms with van der Waals surface area (Å²) < 4.78 is 17.4. The van der Waals surface area contributed by atoms with E-state index in [1.807, 2.05) is 50.2 Å². The van der Waals surface area contributed by atoms with E-state index in [0.717, 1.165) is 48.0 Å². The van der Waals surface area contributed by atoms with Crippen LogP contribution in [-0.4, -0.2) is 30.1 Å². The number of aromatic nitrogens is 1. The van der Waals surface area contributed by atoms with Gasteiger partial charge in [-0.1, -0.05) is 30.3 Å². The molecule has 1 saturated heterocycles. The van der Waals surface area contributed by atoms with Gasteiger partial charge in [-0.15, -0.1) is 0 Å². The van der Waals surface area contributed by atoms with Crippen LogP contribution in [0.15, 0.2) is 52.9 Å². The fourth-order valence-electron chi connectivity index (χ4n) is 4.12. The fraction of sp³-hybridized carbons (Fsp3) is 0.375.